The molecule has 0 saturated heterocycles. The number of ether oxygens (including phenoxy) is 2. The number of aryl methyl sites for hydroxylation is 1. The van der Waals surface area contributed by atoms with Crippen molar-refractivity contribution in [2.45, 2.75) is 111 Å². The molecule has 1 heterocycles. The number of nitrogens with zero attached hydrogens (tertiary/aromatic N) is 2. The second kappa shape index (κ2) is 22.8. The maximum absolute atomic E-state index is 13.3. The van der Waals surface area contributed by atoms with Crippen LogP contribution in [0.3, 0.4) is 0 Å². The highest BCUT2D eigenvalue weighted by Gasteiger charge is 2.27. The summed E-state index contributed by atoms with van der Waals surface area (Å²) in [7, 11) is 0. The fraction of sp³-hybridized carbons (Fsp3) is 0.486. The van der Waals surface area contributed by atoms with Gasteiger partial charge in [0.15, 0.2) is 6.20 Å². The number of pyridine rings is 1. The minimum absolute atomic E-state index is 0. The normalized spacial score (nSPS) is 10.6. The van der Waals surface area contributed by atoms with Crippen LogP contribution < -0.4 is 33.3 Å². The molecule has 246 valence electrons. The Morgan fingerprint density at radius 2 is 1.40 bits per heavy atom. The van der Waals surface area contributed by atoms with Gasteiger partial charge < -0.3 is 33.5 Å². The molecule has 3 rings (SSSR count). The molecule has 0 aliphatic rings. The Hall–Kier alpha value is -2.65. The van der Waals surface area contributed by atoms with Crippen molar-refractivity contribution in [1.29, 1.82) is 0 Å². The molecule has 0 aliphatic heterocycles. The van der Waals surface area contributed by atoms with Gasteiger partial charge in [0.05, 0.1) is 11.6 Å². The summed E-state index contributed by atoms with van der Waals surface area (Å²) in [5.41, 5.74) is 1.96. The van der Waals surface area contributed by atoms with Gasteiger partial charge in [0, 0.05) is 17.7 Å². The lowest BCUT2D eigenvalue weighted by molar-refractivity contribution is -0.701. The first-order chi connectivity index (χ1) is 21.5. The van der Waals surface area contributed by atoms with Gasteiger partial charge >= 0.3 is 6.09 Å². The van der Waals surface area contributed by atoms with E-state index in [1.807, 2.05) is 54.1 Å². The van der Waals surface area contributed by atoms with Crippen LogP contribution in [0.1, 0.15) is 113 Å². The first-order valence-corrected chi connectivity index (χ1v) is 16.8. The van der Waals surface area contributed by atoms with E-state index in [1.54, 1.807) is 30.3 Å². The summed E-state index contributed by atoms with van der Waals surface area (Å²) >= 11 is 6.50. The van der Waals surface area contributed by atoms with Crippen molar-refractivity contribution in [2.75, 3.05) is 6.61 Å². The van der Waals surface area contributed by atoms with E-state index < -0.39 is 12.0 Å². The molecule has 6 nitrogen and oxygen atoms in total. The zero-order chi connectivity index (χ0) is 31.4. The molecule has 8 heteroatoms. The van der Waals surface area contributed by atoms with E-state index in [0.717, 1.165) is 29.0 Å². The number of unbranched alkanes of at least 4 members (excludes halogenated alkanes) is 11. The Bertz CT molecular complexity index is 1270. The fourth-order valence-electron chi connectivity index (χ4n) is 5.18. The molecule has 0 bridgehead atoms. The molecule has 0 radical (unpaired) electrons. The highest BCUT2D eigenvalue weighted by Crippen LogP contribution is 2.26. The van der Waals surface area contributed by atoms with E-state index in [4.69, 9.17) is 21.1 Å². The third-order valence-electron chi connectivity index (χ3n) is 7.80. The van der Waals surface area contributed by atoms with E-state index in [-0.39, 0.29) is 37.1 Å². The number of amides is 2. The summed E-state index contributed by atoms with van der Waals surface area (Å²) in [5, 5.41) is 0.475. The lowest BCUT2D eigenvalue weighted by Crippen LogP contribution is -3.00. The molecule has 45 heavy (non-hydrogen) atoms. The van der Waals surface area contributed by atoms with Crippen molar-refractivity contribution in [1.82, 2.24) is 4.90 Å². The van der Waals surface area contributed by atoms with Crippen LogP contribution in [0.5, 0.6) is 5.75 Å². The van der Waals surface area contributed by atoms with Crippen molar-refractivity contribution < 1.29 is 47.6 Å². The Morgan fingerprint density at radius 3 is 2.02 bits per heavy atom. The smallest absolute Gasteiger partial charge is 0.417 e. The molecule has 1 aromatic heterocycles. The number of carbonyl (C=O) groups excluding carboxylic acids is 2. The average molecular weight is 749 g/mol. The highest BCUT2D eigenvalue weighted by atomic mass is 127. The monoisotopic (exact) mass is 748 g/mol. The molecule has 2 amide bonds. The van der Waals surface area contributed by atoms with Gasteiger partial charge in [-0.25, -0.2) is 14.3 Å². The number of imide groups is 1. The Morgan fingerprint density at radius 1 is 0.778 bits per heavy atom. The molecule has 0 spiro atoms. The van der Waals surface area contributed by atoms with E-state index in [0.29, 0.717) is 29.5 Å². The second-order valence-corrected chi connectivity index (χ2v) is 11.7. The first kappa shape index (κ1) is 38.5. The predicted molar refractivity (Wildman–Crippen MR) is 177 cm³/mol. The second-order valence-electron chi connectivity index (χ2n) is 11.3. The van der Waals surface area contributed by atoms with Gasteiger partial charge in [0.1, 0.15) is 25.4 Å². The molecule has 3 aromatic rings. The third kappa shape index (κ3) is 14.1. The van der Waals surface area contributed by atoms with Crippen LogP contribution >= 0.6 is 11.6 Å². The summed E-state index contributed by atoms with van der Waals surface area (Å²) in [6, 6.07) is 19.9. The van der Waals surface area contributed by atoms with Crippen LogP contribution in [0.15, 0.2) is 72.9 Å². The summed E-state index contributed by atoms with van der Waals surface area (Å²) < 4.78 is 13.5. The number of aromatic nitrogens is 1. The van der Waals surface area contributed by atoms with Crippen LogP contribution in [0, 0.1) is 0 Å². The topological polar surface area (TPSA) is 59.7 Å². The van der Waals surface area contributed by atoms with Crippen molar-refractivity contribution in [3.63, 3.8) is 0 Å². The van der Waals surface area contributed by atoms with Crippen LogP contribution in [0.25, 0.3) is 0 Å². The minimum atomic E-state index is -0.714. The molecule has 0 aliphatic carbocycles. The molecular weight excluding hydrogens is 699 g/mol. The lowest BCUT2D eigenvalue weighted by atomic mass is 10.1. The van der Waals surface area contributed by atoms with Crippen LogP contribution in [0.2, 0.25) is 5.02 Å². The average Bonchev–Trinajstić information content (AvgIpc) is 3.05. The van der Waals surface area contributed by atoms with Gasteiger partial charge in [-0.2, -0.15) is 0 Å². The highest BCUT2D eigenvalue weighted by molar-refractivity contribution is 6.32. The number of benzene rings is 2. The minimum Gasteiger partial charge on any atom is -1.00 e. The van der Waals surface area contributed by atoms with Gasteiger partial charge in [-0.05, 0) is 43.2 Å². The fourth-order valence-corrected chi connectivity index (χ4v) is 5.44. The number of hydrogen-bond donors (Lipinski definition) is 0. The molecule has 0 atom stereocenters. The zero-order valence-corrected chi connectivity index (χ0v) is 29.9. The van der Waals surface area contributed by atoms with Gasteiger partial charge in [-0.3, -0.25) is 4.79 Å². The van der Waals surface area contributed by atoms with Crippen molar-refractivity contribution in [2.24, 2.45) is 0 Å². The third-order valence-corrected chi connectivity index (χ3v) is 8.09. The Labute approximate surface area is 292 Å². The van der Waals surface area contributed by atoms with Gasteiger partial charge in [0.25, 0.3) is 5.91 Å². The maximum Gasteiger partial charge on any atom is 0.417 e. The zero-order valence-electron chi connectivity index (χ0n) is 27.0. The van der Waals surface area contributed by atoms with E-state index in [1.165, 1.54) is 64.2 Å². The van der Waals surface area contributed by atoms with Crippen molar-refractivity contribution in [3.8, 4) is 5.75 Å². The van der Waals surface area contributed by atoms with Crippen LogP contribution in [-0.2, 0) is 24.4 Å². The van der Waals surface area contributed by atoms with E-state index in [9.17, 15) is 9.59 Å². The number of halogens is 2. The number of rotatable bonds is 20. The standard InChI is InChI=1S/C37H50ClN2O4.HI/c1-3-5-6-7-8-9-10-11-12-13-14-20-27-43-35-25-24-31(28-34(35)38)30-44-37(42)40(36(41)32-21-16-15-17-22-32)29-33-23-18-19-26-39(33)4-2;/h15-19,21-26,28H,3-14,20,27,29-30H2,1-2H3;1H/q+1;/p-1. The first-order valence-electron chi connectivity index (χ1n) is 16.5. The summed E-state index contributed by atoms with van der Waals surface area (Å²) in [5.74, 6) is 0.209. The van der Waals surface area contributed by atoms with Crippen LogP contribution in [-0.4, -0.2) is 23.5 Å². The van der Waals surface area contributed by atoms with Gasteiger partial charge in [-0.15, -0.1) is 0 Å². The lowest BCUT2D eigenvalue weighted by Gasteiger charge is -2.20. The summed E-state index contributed by atoms with van der Waals surface area (Å²) in [6.45, 7) is 5.69. The largest absolute Gasteiger partial charge is 1.00 e. The van der Waals surface area contributed by atoms with E-state index >= 15 is 0 Å². The molecule has 0 unspecified atom stereocenters. The van der Waals surface area contributed by atoms with Crippen molar-refractivity contribution in [3.05, 3.63) is 94.8 Å². The SMILES string of the molecule is CCCCCCCCCCCCCCOc1ccc(COC(=O)N(Cc2cccc[n+]2CC)C(=O)c2ccccc2)cc1Cl.[I-]. The van der Waals surface area contributed by atoms with Crippen LogP contribution in [0.4, 0.5) is 4.79 Å². The van der Waals surface area contributed by atoms with Gasteiger partial charge in [-0.1, -0.05) is 119 Å². The molecule has 0 fully saturated rings. The summed E-state index contributed by atoms with van der Waals surface area (Å²) in [6.07, 6.45) is 16.8. The molecular formula is C37H50ClIN2O4. The molecule has 0 saturated carbocycles. The van der Waals surface area contributed by atoms with E-state index in [2.05, 4.69) is 6.92 Å². The summed E-state index contributed by atoms with van der Waals surface area (Å²) in [4.78, 5) is 27.7. The van der Waals surface area contributed by atoms with Crippen molar-refractivity contribution >= 4 is 23.6 Å². The van der Waals surface area contributed by atoms with Gasteiger partial charge in [0.2, 0.25) is 5.69 Å². The maximum atomic E-state index is 13.3. The Balaban J connectivity index is 0.00000705. The number of carbonyl (C=O) groups is 2. The molecule has 0 N–H and O–H groups in total. The Kier molecular flexibility index (Phi) is 19.5. The quantitative estimate of drug-likeness (QED) is 0.0733. The molecule has 2 aromatic carbocycles. The predicted octanol–water partition coefficient (Wildman–Crippen LogP) is 6.71. The number of hydrogen-bond acceptors (Lipinski definition) is 4.